The number of nitrogens with one attached hydrogen (secondary N) is 2. The Morgan fingerprint density at radius 3 is 2.94 bits per heavy atom. The van der Waals surface area contributed by atoms with Crippen LogP contribution in [-0.2, 0) is 6.54 Å². The van der Waals surface area contributed by atoms with E-state index in [2.05, 4.69) is 15.3 Å². The number of hydrogen-bond acceptors (Lipinski definition) is 2. The lowest BCUT2D eigenvalue weighted by atomic mass is 10.2. The lowest BCUT2D eigenvalue weighted by Crippen LogP contribution is -2.19. The molecule has 0 aliphatic heterocycles. The van der Waals surface area contributed by atoms with E-state index in [0.717, 1.165) is 11.4 Å². The molecule has 90 valence electrons. The Morgan fingerprint density at radius 2 is 2.29 bits per heavy atom. The molecule has 1 heterocycles. The average Bonchev–Trinajstić information content (AvgIpc) is 2.78. The molecule has 1 atom stereocenters. The first-order valence-electron chi connectivity index (χ1n) is 5.33. The van der Waals surface area contributed by atoms with Crippen molar-refractivity contribution in [3.8, 4) is 0 Å². The number of aromatic amines is 1. The quantitative estimate of drug-likeness (QED) is 0.879. The first-order valence-corrected chi connectivity index (χ1v) is 5.70. The Kier molecular flexibility index (Phi) is 3.76. The molecule has 2 rings (SSSR count). The lowest BCUT2D eigenvalue weighted by molar-refractivity contribution is 0.547. The molecule has 17 heavy (non-hydrogen) atoms. The first kappa shape index (κ1) is 12.1. The van der Waals surface area contributed by atoms with Gasteiger partial charge in [0.1, 0.15) is 11.6 Å². The van der Waals surface area contributed by atoms with E-state index in [-0.39, 0.29) is 11.9 Å². The van der Waals surface area contributed by atoms with Gasteiger partial charge in [-0.25, -0.2) is 9.37 Å². The van der Waals surface area contributed by atoms with Gasteiger partial charge >= 0.3 is 0 Å². The van der Waals surface area contributed by atoms with Gasteiger partial charge in [0, 0.05) is 24.0 Å². The van der Waals surface area contributed by atoms with Gasteiger partial charge in [-0.1, -0.05) is 11.6 Å². The third kappa shape index (κ3) is 3.28. The van der Waals surface area contributed by atoms with E-state index in [4.69, 9.17) is 11.6 Å². The topological polar surface area (TPSA) is 40.7 Å². The highest BCUT2D eigenvalue weighted by atomic mass is 35.5. The van der Waals surface area contributed by atoms with Gasteiger partial charge in [-0.05, 0) is 30.7 Å². The molecule has 1 aromatic heterocycles. The predicted molar refractivity (Wildman–Crippen MR) is 65.3 cm³/mol. The average molecular weight is 254 g/mol. The molecule has 0 saturated carbocycles. The largest absolute Gasteiger partial charge is 0.347 e. The third-order valence-electron chi connectivity index (χ3n) is 2.46. The summed E-state index contributed by atoms with van der Waals surface area (Å²) in [5.74, 6) is 0.535. The van der Waals surface area contributed by atoms with Crippen molar-refractivity contribution < 1.29 is 4.39 Å². The summed E-state index contributed by atoms with van der Waals surface area (Å²) < 4.78 is 13.1. The second-order valence-corrected chi connectivity index (χ2v) is 4.29. The molecule has 5 heteroatoms. The molecule has 0 saturated heterocycles. The second kappa shape index (κ2) is 5.29. The van der Waals surface area contributed by atoms with Crippen molar-refractivity contribution in [2.45, 2.75) is 19.5 Å². The molecule has 2 N–H and O–H groups in total. The van der Waals surface area contributed by atoms with E-state index in [9.17, 15) is 4.39 Å². The monoisotopic (exact) mass is 253 g/mol. The van der Waals surface area contributed by atoms with Crippen LogP contribution in [0.3, 0.4) is 0 Å². The third-order valence-corrected chi connectivity index (χ3v) is 2.68. The van der Waals surface area contributed by atoms with Crippen LogP contribution < -0.4 is 5.32 Å². The molecule has 0 aliphatic rings. The number of H-pyrrole nitrogens is 1. The van der Waals surface area contributed by atoms with E-state index in [1.54, 1.807) is 18.5 Å². The van der Waals surface area contributed by atoms with Crippen LogP contribution in [0.5, 0.6) is 0 Å². The SMILES string of the molecule is CC(NCc1cc(F)cc(Cl)c1)c1ncc[nH]1. The molecule has 0 aliphatic carbocycles. The highest BCUT2D eigenvalue weighted by molar-refractivity contribution is 6.30. The van der Waals surface area contributed by atoms with Gasteiger partial charge < -0.3 is 10.3 Å². The van der Waals surface area contributed by atoms with E-state index in [0.29, 0.717) is 11.6 Å². The second-order valence-electron chi connectivity index (χ2n) is 3.85. The van der Waals surface area contributed by atoms with Crippen molar-refractivity contribution in [1.82, 2.24) is 15.3 Å². The molecule has 1 unspecified atom stereocenters. The molecule has 0 spiro atoms. The van der Waals surface area contributed by atoms with Gasteiger partial charge in [0.15, 0.2) is 0 Å². The van der Waals surface area contributed by atoms with Crippen LogP contribution in [0.2, 0.25) is 5.02 Å². The van der Waals surface area contributed by atoms with E-state index in [1.165, 1.54) is 12.1 Å². The van der Waals surface area contributed by atoms with Crippen LogP contribution >= 0.6 is 11.6 Å². The van der Waals surface area contributed by atoms with Gasteiger partial charge in [-0.3, -0.25) is 0 Å². The van der Waals surface area contributed by atoms with Gasteiger partial charge in [-0.2, -0.15) is 0 Å². The van der Waals surface area contributed by atoms with Gasteiger partial charge in [0.2, 0.25) is 0 Å². The van der Waals surface area contributed by atoms with Crippen molar-refractivity contribution in [1.29, 1.82) is 0 Å². The summed E-state index contributed by atoms with van der Waals surface area (Å²) in [5.41, 5.74) is 0.813. The van der Waals surface area contributed by atoms with Crippen LogP contribution in [0.1, 0.15) is 24.4 Å². The summed E-state index contributed by atoms with van der Waals surface area (Å²) in [6.45, 7) is 2.53. The summed E-state index contributed by atoms with van der Waals surface area (Å²) in [6.07, 6.45) is 3.47. The van der Waals surface area contributed by atoms with Gasteiger partial charge in [0.25, 0.3) is 0 Å². The molecule has 1 aromatic carbocycles. The van der Waals surface area contributed by atoms with Crippen molar-refractivity contribution in [2.75, 3.05) is 0 Å². The molecule has 3 nitrogen and oxygen atoms in total. The van der Waals surface area contributed by atoms with Crippen LogP contribution in [0.15, 0.2) is 30.6 Å². The predicted octanol–water partition coefficient (Wildman–Crippen LogP) is 3.05. The molecule has 0 fully saturated rings. The molecule has 2 aromatic rings. The number of rotatable bonds is 4. The molecule has 0 radical (unpaired) electrons. The molecular formula is C12H13ClFN3. The zero-order valence-electron chi connectivity index (χ0n) is 9.37. The summed E-state index contributed by atoms with van der Waals surface area (Å²) in [4.78, 5) is 7.17. The standard InChI is InChI=1S/C12H13ClFN3/c1-8(12-15-2-3-16-12)17-7-9-4-10(13)6-11(14)5-9/h2-6,8,17H,7H2,1H3,(H,15,16). The summed E-state index contributed by atoms with van der Waals surface area (Å²) in [7, 11) is 0. The smallest absolute Gasteiger partial charge is 0.125 e. The fourth-order valence-corrected chi connectivity index (χ4v) is 1.84. The fraction of sp³-hybridized carbons (Fsp3) is 0.250. The maximum Gasteiger partial charge on any atom is 0.125 e. The Labute approximate surface area is 104 Å². The maximum absolute atomic E-state index is 13.1. The van der Waals surface area contributed by atoms with Crippen molar-refractivity contribution in [3.63, 3.8) is 0 Å². The molecule has 0 amide bonds. The first-order chi connectivity index (χ1) is 8.15. The van der Waals surface area contributed by atoms with Crippen LogP contribution in [0.4, 0.5) is 4.39 Å². The Hall–Kier alpha value is -1.39. The summed E-state index contributed by atoms with van der Waals surface area (Å²) >= 11 is 5.78. The van der Waals surface area contributed by atoms with Crippen molar-refractivity contribution in [3.05, 3.63) is 52.8 Å². The summed E-state index contributed by atoms with van der Waals surface area (Å²) in [6, 6.07) is 4.58. The molecular weight excluding hydrogens is 241 g/mol. The van der Waals surface area contributed by atoms with E-state index in [1.807, 2.05) is 6.92 Å². The number of imidazole rings is 1. The number of hydrogen-bond donors (Lipinski definition) is 2. The van der Waals surface area contributed by atoms with E-state index < -0.39 is 0 Å². The highest BCUT2D eigenvalue weighted by Gasteiger charge is 2.07. The Balaban J connectivity index is 1.98. The zero-order valence-corrected chi connectivity index (χ0v) is 10.1. The summed E-state index contributed by atoms with van der Waals surface area (Å²) in [5, 5.41) is 3.65. The number of nitrogens with zero attached hydrogens (tertiary/aromatic N) is 1. The maximum atomic E-state index is 13.1. The number of benzene rings is 1. The number of halogens is 2. The minimum Gasteiger partial charge on any atom is -0.347 e. The molecule has 0 bridgehead atoms. The van der Waals surface area contributed by atoms with Crippen LogP contribution in [-0.4, -0.2) is 9.97 Å². The minimum atomic E-state index is -0.319. The highest BCUT2D eigenvalue weighted by Crippen LogP contribution is 2.15. The van der Waals surface area contributed by atoms with Crippen molar-refractivity contribution >= 4 is 11.6 Å². The number of aromatic nitrogens is 2. The van der Waals surface area contributed by atoms with Crippen LogP contribution in [0, 0.1) is 5.82 Å². The minimum absolute atomic E-state index is 0.0760. The van der Waals surface area contributed by atoms with Gasteiger partial charge in [-0.15, -0.1) is 0 Å². The van der Waals surface area contributed by atoms with Crippen molar-refractivity contribution in [2.24, 2.45) is 0 Å². The Bertz CT molecular complexity index is 464. The normalized spacial score (nSPS) is 12.6. The Morgan fingerprint density at radius 1 is 1.47 bits per heavy atom. The lowest BCUT2D eigenvalue weighted by Gasteiger charge is -2.11. The fourth-order valence-electron chi connectivity index (χ4n) is 1.59. The van der Waals surface area contributed by atoms with E-state index >= 15 is 0 Å². The zero-order chi connectivity index (χ0) is 12.3. The van der Waals surface area contributed by atoms with Gasteiger partial charge in [0.05, 0.1) is 6.04 Å². The van der Waals surface area contributed by atoms with Crippen LogP contribution in [0.25, 0.3) is 0 Å².